The number of hydrogen-bond donors (Lipinski definition) is 2. The molecule has 0 bridgehead atoms. The van der Waals surface area contributed by atoms with Crippen LogP contribution in [0.15, 0.2) is 54.6 Å². The second-order valence-corrected chi connectivity index (χ2v) is 5.26. The molecule has 0 aliphatic heterocycles. The van der Waals surface area contributed by atoms with Crippen LogP contribution in [0.1, 0.15) is 17.2 Å². The standard InChI is InChI=1S/C18H22N2O2/c1-14-8-10-16(11-9-14)20-18(21)17(19-12-13-22-2)15-6-4-3-5-7-15/h3-11,17,19H,12-13H2,1-2H3,(H,20,21)/p+1/t17-/m1/s1. The lowest BCUT2D eigenvalue weighted by Crippen LogP contribution is -2.88. The molecule has 0 saturated carbocycles. The highest BCUT2D eigenvalue weighted by atomic mass is 16.5. The summed E-state index contributed by atoms with van der Waals surface area (Å²) in [5.41, 5.74) is 2.98. The number of amides is 1. The van der Waals surface area contributed by atoms with Crippen LogP contribution in [-0.2, 0) is 9.53 Å². The van der Waals surface area contributed by atoms with Gasteiger partial charge in [0, 0.05) is 18.4 Å². The van der Waals surface area contributed by atoms with Crippen molar-refractivity contribution in [1.82, 2.24) is 0 Å². The Labute approximate surface area is 131 Å². The minimum Gasteiger partial charge on any atom is -0.379 e. The SMILES string of the molecule is COCC[NH2+][C@@H](C(=O)Nc1ccc(C)cc1)c1ccccc1. The zero-order chi connectivity index (χ0) is 15.8. The maximum atomic E-state index is 12.6. The van der Waals surface area contributed by atoms with E-state index in [2.05, 4.69) is 5.32 Å². The molecule has 0 aliphatic carbocycles. The van der Waals surface area contributed by atoms with Crippen molar-refractivity contribution in [2.24, 2.45) is 0 Å². The Balaban J connectivity index is 2.09. The molecular weight excluding hydrogens is 276 g/mol. The largest absolute Gasteiger partial charge is 0.379 e. The van der Waals surface area contributed by atoms with Gasteiger partial charge in [-0.3, -0.25) is 4.79 Å². The van der Waals surface area contributed by atoms with Crippen LogP contribution in [0.3, 0.4) is 0 Å². The molecule has 0 saturated heterocycles. The van der Waals surface area contributed by atoms with Gasteiger partial charge in [0.15, 0.2) is 6.04 Å². The number of aryl methyl sites for hydroxylation is 1. The van der Waals surface area contributed by atoms with E-state index >= 15 is 0 Å². The maximum Gasteiger partial charge on any atom is 0.287 e. The molecule has 116 valence electrons. The Hall–Kier alpha value is -2.17. The molecule has 0 fully saturated rings. The van der Waals surface area contributed by atoms with E-state index in [1.807, 2.05) is 66.8 Å². The highest BCUT2D eigenvalue weighted by Gasteiger charge is 2.23. The van der Waals surface area contributed by atoms with Gasteiger partial charge in [0.2, 0.25) is 0 Å². The Morgan fingerprint density at radius 3 is 2.45 bits per heavy atom. The van der Waals surface area contributed by atoms with E-state index in [0.29, 0.717) is 6.61 Å². The van der Waals surface area contributed by atoms with Crippen molar-refractivity contribution in [2.45, 2.75) is 13.0 Å². The first-order valence-corrected chi connectivity index (χ1v) is 7.45. The Morgan fingerprint density at radius 2 is 1.82 bits per heavy atom. The zero-order valence-electron chi connectivity index (χ0n) is 13.1. The third kappa shape index (κ3) is 4.69. The molecule has 2 aromatic carbocycles. The molecule has 1 amide bonds. The highest BCUT2D eigenvalue weighted by molar-refractivity contribution is 5.94. The second kappa shape index (κ2) is 8.32. The number of nitrogens with one attached hydrogen (secondary N) is 1. The highest BCUT2D eigenvalue weighted by Crippen LogP contribution is 2.13. The van der Waals surface area contributed by atoms with E-state index in [0.717, 1.165) is 17.8 Å². The summed E-state index contributed by atoms with van der Waals surface area (Å²) in [6, 6.07) is 17.3. The third-order valence-corrected chi connectivity index (χ3v) is 3.48. The number of carbonyl (C=O) groups is 1. The van der Waals surface area contributed by atoms with Crippen LogP contribution in [0.2, 0.25) is 0 Å². The van der Waals surface area contributed by atoms with E-state index in [4.69, 9.17) is 4.74 Å². The van der Waals surface area contributed by atoms with Gasteiger partial charge >= 0.3 is 0 Å². The van der Waals surface area contributed by atoms with Gasteiger partial charge in [-0.05, 0) is 19.1 Å². The summed E-state index contributed by atoms with van der Waals surface area (Å²) in [4.78, 5) is 12.6. The lowest BCUT2D eigenvalue weighted by Gasteiger charge is -2.16. The summed E-state index contributed by atoms with van der Waals surface area (Å²) in [6.45, 7) is 3.37. The summed E-state index contributed by atoms with van der Waals surface area (Å²) < 4.78 is 5.08. The quantitative estimate of drug-likeness (QED) is 0.767. The van der Waals surface area contributed by atoms with Gasteiger partial charge in [0.1, 0.15) is 6.54 Å². The van der Waals surface area contributed by atoms with Crippen LogP contribution in [0, 0.1) is 6.92 Å². The van der Waals surface area contributed by atoms with Gasteiger partial charge < -0.3 is 15.4 Å². The molecule has 0 aromatic heterocycles. The fourth-order valence-corrected chi connectivity index (χ4v) is 2.26. The van der Waals surface area contributed by atoms with E-state index in [9.17, 15) is 4.79 Å². The number of benzene rings is 2. The number of carbonyl (C=O) groups excluding carboxylic acids is 1. The van der Waals surface area contributed by atoms with Crippen LogP contribution in [0.25, 0.3) is 0 Å². The van der Waals surface area contributed by atoms with Crippen molar-refractivity contribution in [3.05, 3.63) is 65.7 Å². The van der Waals surface area contributed by atoms with Crippen LogP contribution >= 0.6 is 0 Å². The van der Waals surface area contributed by atoms with Crippen molar-refractivity contribution < 1.29 is 14.8 Å². The van der Waals surface area contributed by atoms with Gasteiger partial charge in [0.05, 0.1) is 6.61 Å². The predicted octanol–water partition coefficient (Wildman–Crippen LogP) is 1.88. The minimum absolute atomic E-state index is 0.0221. The molecule has 4 nitrogen and oxygen atoms in total. The number of ether oxygens (including phenoxy) is 1. The van der Waals surface area contributed by atoms with Crippen molar-refractivity contribution in [3.8, 4) is 0 Å². The van der Waals surface area contributed by atoms with Crippen molar-refractivity contribution in [2.75, 3.05) is 25.6 Å². The third-order valence-electron chi connectivity index (χ3n) is 3.48. The zero-order valence-corrected chi connectivity index (χ0v) is 13.1. The number of methoxy groups -OCH3 is 1. The molecule has 4 heteroatoms. The summed E-state index contributed by atoms with van der Waals surface area (Å²) in [5.74, 6) is -0.0221. The topological polar surface area (TPSA) is 54.9 Å². The fraction of sp³-hybridized carbons (Fsp3) is 0.278. The number of nitrogens with two attached hydrogens (primary N) is 1. The molecular formula is C18H23N2O2+. The van der Waals surface area contributed by atoms with E-state index in [1.165, 1.54) is 5.56 Å². The maximum absolute atomic E-state index is 12.6. The van der Waals surface area contributed by atoms with Crippen LogP contribution in [-0.4, -0.2) is 26.2 Å². The summed E-state index contributed by atoms with van der Waals surface area (Å²) in [6.07, 6.45) is 0. The minimum atomic E-state index is -0.280. The lowest BCUT2D eigenvalue weighted by atomic mass is 10.1. The number of hydrogen-bond acceptors (Lipinski definition) is 2. The molecule has 2 rings (SSSR count). The van der Waals surface area contributed by atoms with Crippen molar-refractivity contribution in [1.29, 1.82) is 0 Å². The van der Waals surface area contributed by atoms with Gasteiger partial charge in [-0.25, -0.2) is 0 Å². The molecule has 0 aliphatic rings. The molecule has 3 N–H and O–H groups in total. The van der Waals surface area contributed by atoms with Gasteiger partial charge in [-0.1, -0.05) is 48.0 Å². The van der Waals surface area contributed by atoms with Crippen molar-refractivity contribution in [3.63, 3.8) is 0 Å². The monoisotopic (exact) mass is 299 g/mol. The Morgan fingerprint density at radius 1 is 1.14 bits per heavy atom. The van der Waals surface area contributed by atoms with Gasteiger partial charge in [-0.15, -0.1) is 0 Å². The smallest absolute Gasteiger partial charge is 0.287 e. The number of quaternary nitrogens is 1. The fourth-order valence-electron chi connectivity index (χ4n) is 2.26. The van der Waals surface area contributed by atoms with Crippen LogP contribution in [0.4, 0.5) is 5.69 Å². The average molecular weight is 299 g/mol. The lowest BCUT2D eigenvalue weighted by molar-refractivity contribution is -0.683. The summed E-state index contributed by atoms with van der Waals surface area (Å²) >= 11 is 0. The van der Waals surface area contributed by atoms with Crippen LogP contribution < -0.4 is 10.6 Å². The first-order chi connectivity index (χ1) is 10.7. The summed E-state index contributed by atoms with van der Waals surface area (Å²) in [5, 5.41) is 4.99. The number of anilines is 1. The summed E-state index contributed by atoms with van der Waals surface area (Å²) in [7, 11) is 1.66. The molecule has 2 aromatic rings. The molecule has 0 radical (unpaired) electrons. The molecule has 0 heterocycles. The van der Waals surface area contributed by atoms with E-state index in [-0.39, 0.29) is 11.9 Å². The Bertz CT molecular complexity index is 582. The average Bonchev–Trinajstić information content (AvgIpc) is 2.54. The van der Waals surface area contributed by atoms with Gasteiger partial charge in [0.25, 0.3) is 5.91 Å². The molecule has 0 spiro atoms. The first kappa shape index (κ1) is 16.2. The first-order valence-electron chi connectivity index (χ1n) is 7.45. The second-order valence-electron chi connectivity index (χ2n) is 5.26. The predicted molar refractivity (Wildman–Crippen MR) is 87.7 cm³/mol. The normalized spacial score (nSPS) is 11.9. The van der Waals surface area contributed by atoms with Crippen molar-refractivity contribution >= 4 is 11.6 Å². The number of rotatable bonds is 7. The van der Waals surface area contributed by atoms with E-state index in [1.54, 1.807) is 7.11 Å². The molecule has 22 heavy (non-hydrogen) atoms. The van der Waals surface area contributed by atoms with E-state index < -0.39 is 0 Å². The molecule has 0 unspecified atom stereocenters. The Kier molecular flexibility index (Phi) is 6.13. The molecule has 1 atom stereocenters. The van der Waals surface area contributed by atoms with Gasteiger partial charge in [-0.2, -0.15) is 0 Å². The van der Waals surface area contributed by atoms with Crippen LogP contribution in [0.5, 0.6) is 0 Å².